The van der Waals surface area contributed by atoms with Crippen LogP contribution >= 0.6 is 0 Å². The second-order valence-corrected chi connectivity index (χ2v) is 7.81. The van der Waals surface area contributed by atoms with Crippen molar-refractivity contribution in [2.24, 2.45) is 0 Å². The minimum absolute atomic E-state index is 0.0113. The summed E-state index contributed by atoms with van der Waals surface area (Å²) < 4.78 is 6.95. The molecule has 0 atom stereocenters. The summed E-state index contributed by atoms with van der Waals surface area (Å²) in [7, 11) is 1.59. The number of benzene rings is 1. The van der Waals surface area contributed by atoms with Gasteiger partial charge in [0.2, 0.25) is 5.88 Å². The lowest BCUT2D eigenvalue weighted by molar-refractivity contribution is 0.0621. The Morgan fingerprint density at radius 1 is 1.03 bits per heavy atom. The van der Waals surface area contributed by atoms with Gasteiger partial charge in [-0.05, 0) is 25.0 Å². The van der Waals surface area contributed by atoms with Gasteiger partial charge in [-0.2, -0.15) is 5.10 Å². The topological polar surface area (TPSA) is 63.5 Å². The zero-order valence-electron chi connectivity index (χ0n) is 17.1. The maximum atomic E-state index is 13.2. The first kappa shape index (κ1) is 18.8. The van der Waals surface area contributed by atoms with E-state index in [-0.39, 0.29) is 5.91 Å². The monoisotopic (exact) mass is 403 g/mol. The predicted molar refractivity (Wildman–Crippen MR) is 114 cm³/mol. The number of hydrogen-bond acceptors (Lipinski definition) is 5. The summed E-state index contributed by atoms with van der Waals surface area (Å²) in [5.74, 6) is 0.528. The van der Waals surface area contributed by atoms with Crippen molar-refractivity contribution in [3.05, 3.63) is 60.4 Å². The molecule has 1 aromatic carbocycles. The number of pyridine rings is 1. The Balaban J connectivity index is 1.45. The van der Waals surface area contributed by atoms with Crippen LogP contribution in [0.2, 0.25) is 0 Å². The summed E-state index contributed by atoms with van der Waals surface area (Å²) in [6.07, 6.45) is 4.31. The summed E-state index contributed by atoms with van der Waals surface area (Å²) in [4.78, 5) is 21.9. The Bertz CT molecular complexity index is 1020. The lowest BCUT2D eigenvalue weighted by atomic mass is 10.1. The summed E-state index contributed by atoms with van der Waals surface area (Å²) in [6, 6.07) is 16.3. The number of carbonyl (C=O) groups is 1. The average Bonchev–Trinajstić information content (AvgIpc) is 3.57. The maximum Gasteiger partial charge on any atom is 0.274 e. The molecule has 154 valence electrons. The van der Waals surface area contributed by atoms with Crippen LogP contribution in [0.5, 0.6) is 5.88 Å². The van der Waals surface area contributed by atoms with Crippen LogP contribution in [-0.2, 0) is 0 Å². The normalized spacial score (nSPS) is 17.2. The van der Waals surface area contributed by atoms with E-state index in [1.807, 2.05) is 47.4 Å². The van der Waals surface area contributed by atoms with E-state index in [1.165, 1.54) is 12.8 Å². The van der Waals surface area contributed by atoms with Gasteiger partial charge in [-0.15, -0.1) is 0 Å². The van der Waals surface area contributed by atoms with E-state index in [4.69, 9.17) is 4.74 Å². The van der Waals surface area contributed by atoms with E-state index in [0.717, 1.165) is 49.2 Å². The first-order valence-electron chi connectivity index (χ1n) is 10.4. The highest BCUT2D eigenvalue weighted by molar-refractivity contribution is 5.93. The van der Waals surface area contributed by atoms with Crippen LogP contribution in [0.25, 0.3) is 16.9 Å². The van der Waals surface area contributed by atoms with Gasteiger partial charge in [0.05, 0.1) is 24.7 Å². The second-order valence-electron chi connectivity index (χ2n) is 7.81. The van der Waals surface area contributed by atoms with Gasteiger partial charge in [0.15, 0.2) is 5.69 Å². The lowest BCUT2D eigenvalue weighted by Gasteiger charge is -2.34. The van der Waals surface area contributed by atoms with Gasteiger partial charge >= 0.3 is 0 Å². The van der Waals surface area contributed by atoms with Crippen LogP contribution in [0.1, 0.15) is 23.3 Å². The lowest BCUT2D eigenvalue weighted by Crippen LogP contribution is -2.49. The number of piperazine rings is 1. The van der Waals surface area contributed by atoms with E-state index in [0.29, 0.717) is 11.6 Å². The molecular formula is C23H25N5O2. The number of rotatable bonds is 5. The molecule has 30 heavy (non-hydrogen) atoms. The highest BCUT2D eigenvalue weighted by atomic mass is 16.5. The molecule has 2 aliphatic rings. The molecule has 1 saturated carbocycles. The third-order valence-corrected chi connectivity index (χ3v) is 5.84. The van der Waals surface area contributed by atoms with Crippen LogP contribution in [0, 0.1) is 0 Å². The van der Waals surface area contributed by atoms with Crippen molar-refractivity contribution in [3.8, 4) is 22.8 Å². The Morgan fingerprint density at radius 2 is 1.80 bits per heavy atom. The molecule has 1 aliphatic heterocycles. The second kappa shape index (κ2) is 7.91. The van der Waals surface area contributed by atoms with Gasteiger partial charge < -0.3 is 9.64 Å². The fourth-order valence-corrected chi connectivity index (χ4v) is 4.01. The number of nitrogens with zero attached hydrogens (tertiary/aromatic N) is 5. The summed E-state index contributed by atoms with van der Waals surface area (Å²) in [5.41, 5.74) is 3.11. The number of carbonyl (C=O) groups excluding carboxylic acids is 1. The van der Waals surface area contributed by atoms with Crippen molar-refractivity contribution in [2.75, 3.05) is 33.3 Å². The zero-order chi connectivity index (χ0) is 20.5. The predicted octanol–water partition coefficient (Wildman–Crippen LogP) is 2.86. The molecule has 0 bridgehead atoms. The molecule has 1 aliphatic carbocycles. The summed E-state index contributed by atoms with van der Waals surface area (Å²) in [5, 5.41) is 4.68. The van der Waals surface area contributed by atoms with Crippen molar-refractivity contribution < 1.29 is 9.53 Å². The minimum Gasteiger partial charge on any atom is -0.481 e. The van der Waals surface area contributed by atoms with Gasteiger partial charge in [-0.25, -0.2) is 9.67 Å². The quantitative estimate of drug-likeness (QED) is 0.656. The Labute approximate surface area is 175 Å². The van der Waals surface area contributed by atoms with E-state index < -0.39 is 0 Å². The zero-order valence-corrected chi connectivity index (χ0v) is 17.1. The van der Waals surface area contributed by atoms with Crippen LogP contribution in [0.15, 0.2) is 54.7 Å². The fourth-order valence-electron chi connectivity index (χ4n) is 4.01. The van der Waals surface area contributed by atoms with Gasteiger partial charge in [-0.3, -0.25) is 9.69 Å². The minimum atomic E-state index is -0.0113. The van der Waals surface area contributed by atoms with E-state index >= 15 is 0 Å². The standard InChI is InChI=1S/C23H25N5O2/c1-30-22-10-9-19(16-24-22)28-21(17-5-3-2-4-6-17)15-20(25-28)23(29)27-13-11-26(12-14-27)18-7-8-18/h2-6,9-10,15-16,18H,7-8,11-14H2,1H3. The molecular weight excluding hydrogens is 378 g/mol. The molecule has 2 aromatic heterocycles. The molecule has 7 nitrogen and oxygen atoms in total. The first-order valence-corrected chi connectivity index (χ1v) is 10.4. The number of ether oxygens (including phenoxy) is 1. The van der Waals surface area contributed by atoms with Crippen LogP contribution in [-0.4, -0.2) is 69.8 Å². The first-order chi connectivity index (χ1) is 14.7. The van der Waals surface area contributed by atoms with Gasteiger partial charge in [0, 0.05) is 43.9 Å². The number of methoxy groups -OCH3 is 1. The highest BCUT2D eigenvalue weighted by Crippen LogP contribution is 2.28. The van der Waals surface area contributed by atoms with Crippen molar-refractivity contribution in [3.63, 3.8) is 0 Å². The highest BCUT2D eigenvalue weighted by Gasteiger charge is 2.33. The SMILES string of the molecule is COc1ccc(-n2nc(C(=O)N3CCN(C4CC4)CC3)cc2-c2ccccc2)cn1. The fraction of sp³-hybridized carbons (Fsp3) is 0.348. The molecule has 2 fully saturated rings. The molecule has 0 unspecified atom stereocenters. The average molecular weight is 403 g/mol. The van der Waals surface area contributed by atoms with Crippen molar-refractivity contribution in [1.29, 1.82) is 0 Å². The molecule has 0 N–H and O–H groups in total. The van der Waals surface area contributed by atoms with Gasteiger partial charge in [0.25, 0.3) is 5.91 Å². The molecule has 1 amide bonds. The third kappa shape index (κ3) is 3.68. The Hall–Kier alpha value is -3.19. The smallest absolute Gasteiger partial charge is 0.274 e. The van der Waals surface area contributed by atoms with Crippen molar-refractivity contribution >= 4 is 5.91 Å². The summed E-state index contributed by atoms with van der Waals surface area (Å²) in [6.45, 7) is 3.41. The molecule has 7 heteroatoms. The van der Waals surface area contributed by atoms with E-state index in [1.54, 1.807) is 24.1 Å². The molecule has 1 saturated heterocycles. The van der Waals surface area contributed by atoms with Gasteiger partial charge in [0.1, 0.15) is 0 Å². The Morgan fingerprint density at radius 3 is 2.43 bits per heavy atom. The number of aromatic nitrogens is 3. The van der Waals surface area contributed by atoms with Gasteiger partial charge in [-0.1, -0.05) is 30.3 Å². The van der Waals surface area contributed by atoms with E-state index in [9.17, 15) is 4.79 Å². The van der Waals surface area contributed by atoms with Crippen LogP contribution < -0.4 is 4.74 Å². The molecule has 3 heterocycles. The van der Waals surface area contributed by atoms with Crippen molar-refractivity contribution in [1.82, 2.24) is 24.6 Å². The van der Waals surface area contributed by atoms with E-state index in [2.05, 4.69) is 15.0 Å². The molecule has 3 aromatic rings. The largest absolute Gasteiger partial charge is 0.481 e. The molecule has 0 spiro atoms. The molecule has 5 rings (SSSR count). The third-order valence-electron chi connectivity index (χ3n) is 5.84. The maximum absolute atomic E-state index is 13.2. The van der Waals surface area contributed by atoms with Crippen LogP contribution in [0.4, 0.5) is 0 Å². The summed E-state index contributed by atoms with van der Waals surface area (Å²) >= 11 is 0. The van der Waals surface area contributed by atoms with Crippen LogP contribution in [0.3, 0.4) is 0 Å². The molecule has 0 radical (unpaired) electrons. The van der Waals surface area contributed by atoms with Crippen molar-refractivity contribution in [2.45, 2.75) is 18.9 Å². The number of amides is 1. The Kier molecular flexibility index (Phi) is 4.96. The number of hydrogen-bond donors (Lipinski definition) is 0.